The highest BCUT2D eigenvalue weighted by Gasteiger charge is 2.40. The molecule has 1 N–H and O–H groups in total. The van der Waals surface area contributed by atoms with Gasteiger partial charge in [0.1, 0.15) is 11.2 Å². The van der Waals surface area contributed by atoms with E-state index in [-0.39, 0.29) is 24.0 Å². The van der Waals surface area contributed by atoms with E-state index in [1.54, 1.807) is 41.5 Å². The Bertz CT molecular complexity index is 571. The van der Waals surface area contributed by atoms with E-state index < -0.39 is 43.9 Å². The van der Waals surface area contributed by atoms with Gasteiger partial charge in [0.2, 0.25) is 0 Å². The molecule has 0 aliphatic rings. The minimum atomic E-state index is -2.04. The van der Waals surface area contributed by atoms with Crippen LogP contribution in [0.15, 0.2) is 0 Å². The lowest BCUT2D eigenvalue weighted by molar-refractivity contribution is -0.0200. The van der Waals surface area contributed by atoms with Gasteiger partial charge in [-0.25, -0.2) is 14.5 Å². The fraction of sp³-hybridized carbons (Fsp3) is 0.913. The second kappa shape index (κ2) is 10.7. The Hall–Kier alpha value is -1.12. The molecule has 0 radical (unpaired) electrons. The summed E-state index contributed by atoms with van der Waals surface area (Å²) in [6.45, 7) is 25.0. The van der Waals surface area contributed by atoms with E-state index in [1.807, 2.05) is 13.8 Å². The average Bonchev–Trinajstić information content (AvgIpc) is 2.47. The smallest absolute Gasteiger partial charge is 0.420 e. The molecule has 31 heavy (non-hydrogen) atoms. The first-order valence-electron chi connectivity index (χ1n) is 11.1. The molecule has 0 saturated heterocycles. The lowest BCUT2D eigenvalue weighted by Gasteiger charge is -2.38. The van der Waals surface area contributed by atoms with Crippen molar-refractivity contribution in [2.45, 2.75) is 124 Å². The van der Waals surface area contributed by atoms with Crippen LogP contribution in [-0.2, 0) is 13.9 Å². The third-order valence-corrected chi connectivity index (χ3v) is 9.74. The summed E-state index contributed by atoms with van der Waals surface area (Å²) >= 11 is 0. The maximum absolute atomic E-state index is 13.0. The van der Waals surface area contributed by atoms with Crippen LogP contribution in [0, 0.1) is 5.92 Å². The quantitative estimate of drug-likeness (QED) is 0.471. The number of hydrogen-bond donors (Lipinski definition) is 1. The zero-order valence-corrected chi connectivity index (χ0v) is 23.1. The summed E-state index contributed by atoms with van der Waals surface area (Å²) in [5.41, 5.74) is -1.55. The highest BCUT2D eigenvalue weighted by atomic mass is 28.4. The molecule has 0 unspecified atom stereocenters. The van der Waals surface area contributed by atoms with Crippen LogP contribution in [0.5, 0.6) is 0 Å². The number of ether oxygens (including phenoxy) is 2. The number of rotatable bonds is 7. The largest absolute Gasteiger partial charge is 0.443 e. The summed E-state index contributed by atoms with van der Waals surface area (Å²) < 4.78 is 17.1. The Morgan fingerprint density at radius 2 is 1.26 bits per heavy atom. The van der Waals surface area contributed by atoms with Crippen molar-refractivity contribution in [2.75, 3.05) is 6.61 Å². The maximum Gasteiger partial charge on any atom is 0.420 e. The molecule has 0 spiro atoms. The van der Waals surface area contributed by atoms with Crippen molar-refractivity contribution in [1.29, 1.82) is 0 Å². The number of imide groups is 1. The number of aliphatic hydroxyl groups is 1. The molecular weight excluding hydrogens is 414 g/mol. The molecule has 0 aromatic heterocycles. The molecule has 0 aromatic carbocycles. The predicted octanol–water partition coefficient (Wildman–Crippen LogP) is 5.96. The van der Waals surface area contributed by atoms with Gasteiger partial charge in [0.05, 0.1) is 18.8 Å². The van der Waals surface area contributed by atoms with Crippen molar-refractivity contribution >= 4 is 20.5 Å². The maximum atomic E-state index is 13.0. The summed E-state index contributed by atoms with van der Waals surface area (Å²) in [4.78, 5) is 26.9. The van der Waals surface area contributed by atoms with Gasteiger partial charge in [-0.05, 0) is 72.0 Å². The van der Waals surface area contributed by atoms with Gasteiger partial charge in [-0.3, -0.25) is 0 Å². The molecule has 184 valence electrons. The molecule has 0 aliphatic heterocycles. The minimum absolute atomic E-state index is 0.0171. The SMILES string of the molecule is CC(C)[C@@H](C[C@@H](O)CO[Si](C)(C)C(C)(C)C)N(C(=O)OC(C)(C)C)C(=O)OC(C)(C)C. The second-order valence-electron chi connectivity index (χ2n) is 12.1. The first kappa shape index (κ1) is 29.9. The van der Waals surface area contributed by atoms with Crippen LogP contribution in [0.1, 0.15) is 82.6 Å². The van der Waals surface area contributed by atoms with Crippen LogP contribution in [0.4, 0.5) is 9.59 Å². The van der Waals surface area contributed by atoms with Gasteiger partial charge in [-0.15, -0.1) is 0 Å². The monoisotopic (exact) mass is 461 g/mol. The van der Waals surface area contributed by atoms with Crippen LogP contribution in [0.25, 0.3) is 0 Å². The molecule has 0 aliphatic carbocycles. The molecule has 0 bridgehead atoms. The van der Waals surface area contributed by atoms with E-state index in [9.17, 15) is 14.7 Å². The lowest BCUT2D eigenvalue weighted by atomic mass is 9.97. The summed E-state index contributed by atoms with van der Waals surface area (Å²) in [5.74, 6) is -0.123. The molecule has 0 fully saturated rings. The summed E-state index contributed by atoms with van der Waals surface area (Å²) in [6, 6.07) is -0.609. The van der Waals surface area contributed by atoms with Crippen molar-refractivity contribution in [1.82, 2.24) is 4.90 Å². The Kier molecular flexibility index (Phi) is 10.3. The molecule has 2 atom stereocenters. The van der Waals surface area contributed by atoms with Crippen LogP contribution in [0.2, 0.25) is 18.1 Å². The van der Waals surface area contributed by atoms with Crippen molar-refractivity contribution < 1.29 is 28.6 Å². The van der Waals surface area contributed by atoms with Gasteiger partial charge in [0.15, 0.2) is 8.32 Å². The Morgan fingerprint density at radius 3 is 1.55 bits per heavy atom. The Balaban J connectivity index is 5.68. The molecule has 7 nitrogen and oxygen atoms in total. The van der Waals surface area contributed by atoms with E-state index in [0.717, 1.165) is 4.90 Å². The summed E-state index contributed by atoms with van der Waals surface area (Å²) in [7, 11) is -2.04. The van der Waals surface area contributed by atoms with Gasteiger partial charge in [0.25, 0.3) is 0 Å². The second-order valence-corrected chi connectivity index (χ2v) is 16.9. The van der Waals surface area contributed by atoms with Crippen molar-refractivity contribution in [3.63, 3.8) is 0 Å². The van der Waals surface area contributed by atoms with Gasteiger partial charge < -0.3 is 19.0 Å². The third-order valence-electron chi connectivity index (χ3n) is 5.24. The Labute approximate surface area is 190 Å². The molecule has 2 amide bonds. The van der Waals surface area contributed by atoms with E-state index in [0.29, 0.717) is 0 Å². The van der Waals surface area contributed by atoms with E-state index in [4.69, 9.17) is 13.9 Å². The average molecular weight is 462 g/mol. The van der Waals surface area contributed by atoms with E-state index in [1.165, 1.54) is 0 Å². The number of aliphatic hydroxyl groups excluding tert-OH is 1. The summed E-state index contributed by atoms with van der Waals surface area (Å²) in [5, 5.41) is 10.8. The van der Waals surface area contributed by atoms with Crippen molar-refractivity contribution in [2.24, 2.45) is 5.92 Å². The third kappa shape index (κ3) is 10.8. The van der Waals surface area contributed by atoms with Crippen molar-refractivity contribution in [3.8, 4) is 0 Å². The fourth-order valence-corrected chi connectivity index (χ4v) is 3.55. The van der Waals surface area contributed by atoms with Gasteiger partial charge in [-0.1, -0.05) is 34.6 Å². The number of hydrogen-bond acceptors (Lipinski definition) is 6. The molecule has 0 heterocycles. The molecule has 0 saturated carbocycles. The van der Waals surface area contributed by atoms with Crippen LogP contribution in [0.3, 0.4) is 0 Å². The molecule has 0 aromatic rings. The zero-order chi connectivity index (χ0) is 25.0. The lowest BCUT2D eigenvalue weighted by Crippen LogP contribution is -2.52. The highest BCUT2D eigenvalue weighted by molar-refractivity contribution is 6.74. The van der Waals surface area contributed by atoms with Crippen LogP contribution in [-0.4, -0.2) is 60.5 Å². The van der Waals surface area contributed by atoms with Gasteiger partial charge in [0, 0.05) is 0 Å². The normalized spacial score (nSPS) is 15.5. The topological polar surface area (TPSA) is 85.3 Å². The molecule has 0 rings (SSSR count). The predicted molar refractivity (Wildman–Crippen MR) is 127 cm³/mol. The van der Waals surface area contributed by atoms with Gasteiger partial charge >= 0.3 is 12.2 Å². The van der Waals surface area contributed by atoms with Crippen LogP contribution < -0.4 is 0 Å². The highest BCUT2D eigenvalue weighted by Crippen LogP contribution is 2.36. The van der Waals surface area contributed by atoms with E-state index >= 15 is 0 Å². The molecule has 8 heteroatoms. The minimum Gasteiger partial charge on any atom is -0.443 e. The summed E-state index contributed by atoms with van der Waals surface area (Å²) in [6.07, 6.45) is -2.23. The van der Waals surface area contributed by atoms with Crippen molar-refractivity contribution in [3.05, 3.63) is 0 Å². The number of amides is 2. The molecular formula is C23H47NO6Si. The number of carbonyl (C=O) groups excluding carboxylic acids is 2. The van der Waals surface area contributed by atoms with Gasteiger partial charge in [-0.2, -0.15) is 0 Å². The first-order valence-corrected chi connectivity index (χ1v) is 14.1. The standard InChI is InChI=1S/C23H47NO6Si/c1-16(2)18(14-17(25)15-28-31(12,13)23(9,10)11)24(19(26)29-21(3,4)5)20(27)30-22(6,7)8/h16-18,25H,14-15H2,1-13H3/t17-,18-/m1/s1. The fourth-order valence-electron chi connectivity index (χ4n) is 2.51. The Morgan fingerprint density at radius 1 is 0.871 bits per heavy atom. The number of nitrogens with zero attached hydrogens (tertiary/aromatic N) is 1. The van der Waals surface area contributed by atoms with E-state index in [2.05, 4.69) is 33.9 Å². The number of carbonyl (C=O) groups is 2. The first-order chi connectivity index (χ1) is 13.6. The zero-order valence-electron chi connectivity index (χ0n) is 22.1. The van der Waals surface area contributed by atoms with Crippen LogP contribution >= 0.6 is 0 Å².